The van der Waals surface area contributed by atoms with Crippen LogP contribution < -0.4 is 0 Å². The van der Waals surface area contributed by atoms with Gasteiger partial charge in [-0.3, -0.25) is 4.79 Å². The molecule has 0 unspecified atom stereocenters. The molecule has 3 heteroatoms. The number of hydrogen-bond donors (Lipinski definition) is 0. The molecule has 0 aliphatic rings. The third-order valence-corrected chi connectivity index (χ3v) is 3.15. The maximum Gasteiger partial charge on any atom is 0.193 e. The maximum absolute atomic E-state index is 10.7. The molecule has 0 N–H and O–H groups in total. The van der Waals surface area contributed by atoms with Crippen molar-refractivity contribution in [3.8, 4) is 11.3 Å². The summed E-state index contributed by atoms with van der Waals surface area (Å²) >= 11 is 0. The van der Waals surface area contributed by atoms with E-state index in [9.17, 15) is 4.79 Å². The molecule has 1 heterocycles. The number of carbonyl (C=O) groups excluding carboxylic acids is 1. The minimum absolute atomic E-state index is 0.128. The van der Waals surface area contributed by atoms with E-state index in [-0.39, 0.29) is 11.2 Å². The third kappa shape index (κ3) is 2.87. The van der Waals surface area contributed by atoms with Crippen LogP contribution in [0, 0.1) is 6.92 Å². The first-order valence-electron chi connectivity index (χ1n) is 6.31. The quantitative estimate of drug-likeness (QED) is 0.769. The molecule has 98 valence electrons. The van der Waals surface area contributed by atoms with Gasteiger partial charge in [-0.15, -0.1) is 0 Å². The van der Waals surface area contributed by atoms with Gasteiger partial charge in [0.1, 0.15) is 0 Å². The van der Waals surface area contributed by atoms with Gasteiger partial charge in [0.15, 0.2) is 12.1 Å². The van der Waals surface area contributed by atoms with Crippen LogP contribution in [-0.2, 0) is 5.41 Å². The molecular weight excluding hydrogens is 236 g/mol. The summed E-state index contributed by atoms with van der Waals surface area (Å²) in [6.07, 6.45) is 2.28. The lowest BCUT2D eigenvalue weighted by Gasteiger charge is -2.20. The Bertz CT molecular complexity index is 612. The van der Waals surface area contributed by atoms with Crippen LogP contribution in [0.2, 0.25) is 0 Å². The van der Waals surface area contributed by atoms with Crippen molar-refractivity contribution in [1.29, 1.82) is 0 Å². The molecule has 0 saturated heterocycles. The van der Waals surface area contributed by atoms with Gasteiger partial charge in [-0.25, -0.2) is 9.97 Å². The lowest BCUT2D eigenvalue weighted by molar-refractivity contribution is 0.111. The van der Waals surface area contributed by atoms with Crippen LogP contribution >= 0.6 is 0 Å². The Balaban J connectivity index is 2.49. The average Bonchev–Trinajstić information content (AvgIpc) is 2.37. The molecule has 3 nitrogen and oxygen atoms in total. The van der Waals surface area contributed by atoms with Crippen molar-refractivity contribution in [3.63, 3.8) is 0 Å². The number of benzene rings is 1. The number of aromatic nitrogens is 2. The fraction of sp³-hybridized carbons (Fsp3) is 0.312. The van der Waals surface area contributed by atoms with Crippen molar-refractivity contribution in [1.82, 2.24) is 9.97 Å². The summed E-state index contributed by atoms with van der Waals surface area (Å²) in [6.45, 7) is 8.64. The Morgan fingerprint density at radius 3 is 2.47 bits per heavy atom. The fourth-order valence-corrected chi connectivity index (χ4v) is 2.00. The molecule has 1 aromatic heterocycles. The molecule has 0 bridgehead atoms. The van der Waals surface area contributed by atoms with Gasteiger partial charge in [-0.2, -0.15) is 0 Å². The molecule has 0 aliphatic carbocycles. The number of aldehydes is 1. The molecular formula is C16H18N2O. The van der Waals surface area contributed by atoms with E-state index in [1.165, 1.54) is 5.56 Å². The van der Waals surface area contributed by atoms with E-state index in [4.69, 9.17) is 0 Å². The van der Waals surface area contributed by atoms with Gasteiger partial charge in [0.05, 0.1) is 5.69 Å². The molecule has 1 aromatic carbocycles. The highest BCUT2D eigenvalue weighted by molar-refractivity contribution is 5.71. The second-order valence-corrected chi connectivity index (χ2v) is 5.70. The van der Waals surface area contributed by atoms with Gasteiger partial charge < -0.3 is 0 Å². The van der Waals surface area contributed by atoms with E-state index in [1.807, 2.05) is 6.07 Å². The topological polar surface area (TPSA) is 42.9 Å². The standard InChI is InChI=1S/C16H18N2O/c1-11-9-12(16(2,3)4)5-6-13(11)14-7-8-17-15(10-19)18-14/h5-10H,1-4H3. The van der Waals surface area contributed by atoms with Crippen molar-refractivity contribution in [2.24, 2.45) is 0 Å². The van der Waals surface area contributed by atoms with Crippen LogP contribution in [0.3, 0.4) is 0 Å². The molecule has 0 amide bonds. The first kappa shape index (κ1) is 13.4. The number of carbonyl (C=O) groups is 1. The molecule has 0 atom stereocenters. The molecule has 2 aromatic rings. The number of nitrogens with zero attached hydrogens (tertiary/aromatic N) is 2. The smallest absolute Gasteiger partial charge is 0.193 e. The van der Waals surface area contributed by atoms with Crippen LogP contribution in [0.1, 0.15) is 42.5 Å². The summed E-state index contributed by atoms with van der Waals surface area (Å²) in [5.74, 6) is 0.219. The highest BCUT2D eigenvalue weighted by atomic mass is 16.1. The van der Waals surface area contributed by atoms with E-state index in [2.05, 4.69) is 55.9 Å². The van der Waals surface area contributed by atoms with E-state index < -0.39 is 0 Å². The van der Waals surface area contributed by atoms with Gasteiger partial charge in [0.2, 0.25) is 0 Å². The highest BCUT2D eigenvalue weighted by Crippen LogP contribution is 2.28. The lowest BCUT2D eigenvalue weighted by atomic mass is 9.85. The van der Waals surface area contributed by atoms with Crippen molar-refractivity contribution in [2.75, 3.05) is 0 Å². The van der Waals surface area contributed by atoms with E-state index in [0.717, 1.165) is 16.8 Å². The molecule has 0 radical (unpaired) electrons. The molecule has 0 fully saturated rings. The van der Waals surface area contributed by atoms with E-state index in [0.29, 0.717) is 6.29 Å². The number of rotatable bonds is 2. The molecule has 19 heavy (non-hydrogen) atoms. The van der Waals surface area contributed by atoms with Crippen molar-refractivity contribution >= 4 is 6.29 Å². The first-order chi connectivity index (χ1) is 8.91. The largest absolute Gasteiger partial charge is 0.294 e. The molecule has 2 rings (SSSR count). The van der Waals surface area contributed by atoms with Crippen LogP contribution in [0.25, 0.3) is 11.3 Å². The van der Waals surface area contributed by atoms with Gasteiger partial charge >= 0.3 is 0 Å². The van der Waals surface area contributed by atoms with Gasteiger partial charge in [-0.1, -0.05) is 39.0 Å². The monoisotopic (exact) mass is 254 g/mol. The van der Waals surface area contributed by atoms with Gasteiger partial charge in [0.25, 0.3) is 0 Å². The number of aryl methyl sites for hydroxylation is 1. The Morgan fingerprint density at radius 2 is 1.89 bits per heavy atom. The summed E-state index contributed by atoms with van der Waals surface area (Å²) in [6, 6.07) is 8.18. The number of hydrogen-bond acceptors (Lipinski definition) is 3. The Labute approximate surface area is 113 Å². The second-order valence-electron chi connectivity index (χ2n) is 5.70. The van der Waals surface area contributed by atoms with Crippen LogP contribution in [0.5, 0.6) is 0 Å². The van der Waals surface area contributed by atoms with Crippen molar-refractivity contribution in [3.05, 3.63) is 47.4 Å². The Hall–Kier alpha value is -2.03. The summed E-state index contributed by atoms with van der Waals surface area (Å²) in [4.78, 5) is 18.9. The van der Waals surface area contributed by atoms with Crippen LogP contribution in [-0.4, -0.2) is 16.3 Å². The minimum Gasteiger partial charge on any atom is -0.294 e. The molecule has 0 saturated carbocycles. The van der Waals surface area contributed by atoms with E-state index in [1.54, 1.807) is 6.20 Å². The summed E-state index contributed by atoms with van der Waals surface area (Å²) in [5.41, 5.74) is 4.40. The summed E-state index contributed by atoms with van der Waals surface area (Å²) < 4.78 is 0. The van der Waals surface area contributed by atoms with Gasteiger partial charge in [0, 0.05) is 11.8 Å². The van der Waals surface area contributed by atoms with E-state index >= 15 is 0 Å². The average molecular weight is 254 g/mol. The lowest BCUT2D eigenvalue weighted by Crippen LogP contribution is -2.11. The zero-order valence-corrected chi connectivity index (χ0v) is 11.8. The zero-order chi connectivity index (χ0) is 14.0. The van der Waals surface area contributed by atoms with Crippen molar-refractivity contribution < 1.29 is 4.79 Å². The summed E-state index contributed by atoms with van der Waals surface area (Å²) in [5, 5.41) is 0. The molecule has 0 spiro atoms. The Kier molecular flexibility index (Phi) is 3.47. The SMILES string of the molecule is Cc1cc(C(C)(C)C)ccc1-c1ccnc(C=O)n1. The zero-order valence-electron chi connectivity index (χ0n) is 11.8. The second kappa shape index (κ2) is 4.92. The highest BCUT2D eigenvalue weighted by Gasteiger charge is 2.15. The predicted molar refractivity (Wildman–Crippen MR) is 76.3 cm³/mol. The van der Waals surface area contributed by atoms with Crippen molar-refractivity contribution in [2.45, 2.75) is 33.1 Å². The first-order valence-corrected chi connectivity index (χ1v) is 6.31. The third-order valence-electron chi connectivity index (χ3n) is 3.15. The minimum atomic E-state index is 0.128. The predicted octanol–water partition coefficient (Wildman–Crippen LogP) is 3.56. The normalized spacial score (nSPS) is 11.4. The Morgan fingerprint density at radius 1 is 1.16 bits per heavy atom. The fourth-order valence-electron chi connectivity index (χ4n) is 2.00. The van der Waals surface area contributed by atoms with Crippen LogP contribution in [0.4, 0.5) is 0 Å². The van der Waals surface area contributed by atoms with Gasteiger partial charge in [-0.05, 0) is 29.5 Å². The maximum atomic E-state index is 10.7. The van der Waals surface area contributed by atoms with Crippen LogP contribution in [0.15, 0.2) is 30.5 Å². The molecule has 0 aliphatic heterocycles. The summed E-state index contributed by atoms with van der Waals surface area (Å²) in [7, 11) is 0.